The molecule has 3 rings (SSSR count). The van der Waals surface area contributed by atoms with Gasteiger partial charge in [0.2, 0.25) is 5.91 Å². The minimum atomic E-state index is -0.122. The van der Waals surface area contributed by atoms with Crippen LogP contribution >= 0.6 is 0 Å². The molecule has 3 nitrogen and oxygen atoms in total. The van der Waals surface area contributed by atoms with Gasteiger partial charge in [-0.15, -0.1) is 0 Å². The fraction of sp³-hybridized carbons (Fsp3) is 0.909. The zero-order chi connectivity index (χ0) is 9.92. The number of carbonyl (C=O) groups excluding carboxylic acids is 1. The Balaban J connectivity index is 1.81. The van der Waals surface area contributed by atoms with Crippen molar-refractivity contribution in [3.8, 4) is 0 Å². The molecule has 1 heterocycles. The monoisotopic (exact) mass is 194 g/mol. The predicted octanol–water partition coefficient (Wildman–Crippen LogP) is 1.10. The van der Waals surface area contributed by atoms with Crippen molar-refractivity contribution in [1.29, 1.82) is 0 Å². The van der Waals surface area contributed by atoms with E-state index in [0.717, 1.165) is 18.8 Å². The van der Waals surface area contributed by atoms with Crippen LogP contribution in [0.5, 0.6) is 0 Å². The molecule has 0 radical (unpaired) electrons. The highest BCUT2D eigenvalue weighted by molar-refractivity contribution is 5.92. The van der Waals surface area contributed by atoms with Crippen molar-refractivity contribution in [2.24, 2.45) is 5.92 Å². The van der Waals surface area contributed by atoms with Crippen LogP contribution in [0.15, 0.2) is 0 Å². The Labute approximate surface area is 84.8 Å². The normalized spacial score (nSPS) is 36.6. The molecule has 1 amide bonds. The highest BCUT2D eigenvalue weighted by Crippen LogP contribution is 2.45. The maximum Gasteiger partial charge on any atom is 0.244 e. The molecule has 1 aliphatic heterocycles. The molecular weight excluding hydrogens is 176 g/mol. The van der Waals surface area contributed by atoms with Gasteiger partial charge < -0.3 is 4.90 Å². The van der Waals surface area contributed by atoms with Crippen LogP contribution in [0.4, 0.5) is 0 Å². The van der Waals surface area contributed by atoms with E-state index >= 15 is 0 Å². The lowest BCUT2D eigenvalue weighted by molar-refractivity contribution is -0.132. The summed E-state index contributed by atoms with van der Waals surface area (Å²) >= 11 is 0. The Kier molecular flexibility index (Phi) is 1.56. The van der Waals surface area contributed by atoms with Gasteiger partial charge in [0.1, 0.15) is 0 Å². The first-order valence-corrected chi connectivity index (χ1v) is 5.74. The molecular formula is C11H18N2O. The van der Waals surface area contributed by atoms with Gasteiger partial charge in [-0.25, -0.2) is 0 Å². The van der Waals surface area contributed by atoms with E-state index < -0.39 is 0 Å². The number of rotatable bonds is 2. The Morgan fingerprint density at radius 1 is 1.50 bits per heavy atom. The van der Waals surface area contributed by atoms with E-state index in [9.17, 15) is 4.79 Å². The van der Waals surface area contributed by atoms with Crippen molar-refractivity contribution in [3.05, 3.63) is 0 Å². The lowest BCUT2D eigenvalue weighted by atomic mass is 10.1. The van der Waals surface area contributed by atoms with Gasteiger partial charge in [-0.3, -0.25) is 10.1 Å². The third kappa shape index (κ3) is 1.05. The minimum absolute atomic E-state index is 0.122. The van der Waals surface area contributed by atoms with Gasteiger partial charge in [0.05, 0.1) is 11.7 Å². The largest absolute Gasteiger partial charge is 0.323 e. The first-order chi connectivity index (χ1) is 6.64. The maximum atomic E-state index is 12.1. The van der Waals surface area contributed by atoms with Crippen LogP contribution in [0.3, 0.4) is 0 Å². The first kappa shape index (κ1) is 8.72. The number of amides is 1. The summed E-state index contributed by atoms with van der Waals surface area (Å²) < 4.78 is 0. The summed E-state index contributed by atoms with van der Waals surface area (Å²) in [6.45, 7) is 4.32. The maximum absolute atomic E-state index is 12.1. The summed E-state index contributed by atoms with van der Waals surface area (Å²) in [5.41, 5.74) is -0.122. The molecule has 1 saturated heterocycles. The molecule has 3 aliphatic rings. The van der Waals surface area contributed by atoms with Crippen LogP contribution in [-0.4, -0.2) is 28.6 Å². The van der Waals surface area contributed by atoms with E-state index in [1.165, 1.54) is 12.8 Å². The van der Waals surface area contributed by atoms with Gasteiger partial charge in [0.25, 0.3) is 0 Å². The van der Waals surface area contributed by atoms with Crippen molar-refractivity contribution >= 4 is 5.91 Å². The van der Waals surface area contributed by atoms with E-state index in [0.29, 0.717) is 11.9 Å². The quantitative estimate of drug-likeness (QED) is 0.714. The molecule has 2 saturated carbocycles. The van der Waals surface area contributed by atoms with Gasteiger partial charge in [-0.1, -0.05) is 0 Å². The number of hydrogen-bond donors (Lipinski definition) is 1. The number of carbonyl (C=O) groups is 1. The molecule has 0 aromatic carbocycles. The molecule has 1 spiro atoms. The molecule has 0 aromatic rings. The second-order valence-electron chi connectivity index (χ2n) is 5.19. The molecule has 1 N–H and O–H groups in total. The van der Waals surface area contributed by atoms with Crippen LogP contribution in [0.1, 0.15) is 39.5 Å². The van der Waals surface area contributed by atoms with Gasteiger partial charge in [-0.2, -0.15) is 0 Å². The summed E-state index contributed by atoms with van der Waals surface area (Å²) in [6.07, 6.45) is 4.96. The average molecular weight is 194 g/mol. The fourth-order valence-electron chi connectivity index (χ4n) is 2.78. The molecule has 0 aromatic heterocycles. The highest BCUT2D eigenvalue weighted by atomic mass is 16.2. The van der Waals surface area contributed by atoms with E-state index in [2.05, 4.69) is 24.1 Å². The second-order valence-corrected chi connectivity index (χ2v) is 5.19. The summed E-state index contributed by atoms with van der Waals surface area (Å²) in [5.74, 6) is 1.14. The smallest absolute Gasteiger partial charge is 0.244 e. The van der Waals surface area contributed by atoms with Gasteiger partial charge in [0, 0.05) is 6.04 Å². The third-order valence-corrected chi connectivity index (χ3v) is 4.04. The second kappa shape index (κ2) is 2.51. The van der Waals surface area contributed by atoms with E-state index in [1.807, 2.05) is 0 Å². The Hall–Kier alpha value is -0.570. The Bertz CT molecular complexity index is 281. The third-order valence-electron chi connectivity index (χ3n) is 4.04. The summed E-state index contributed by atoms with van der Waals surface area (Å²) in [6, 6.07) is 0.449. The SMILES string of the molecule is CC1NC2(CC2)C(=O)N1C(C)C1CC1. The van der Waals surface area contributed by atoms with Gasteiger partial charge in [0.15, 0.2) is 0 Å². The Morgan fingerprint density at radius 3 is 2.57 bits per heavy atom. The van der Waals surface area contributed by atoms with Crippen LogP contribution in [0.2, 0.25) is 0 Å². The van der Waals surface area contributed by atoms with Crippen molar-refractivity contribution in [3.63, 3.8) is 0 Å². The van der Waals surface area contributed by atoms with Gasteiger partial charge >= 0.3 is 0 Å². The van der Waals surface area contributed by atoms with Crippen molar-refractivity contribution in [2.45, 2.75) is 57.3 Å². The lowest BCUT2D eigenvalue weighted by Crippen LogP contribution is -2.42. The molecule has 0 bridgehead atoms. The number of nitrogens with zero attached hydrogens (tertiary/aromatic N) is 1. The molecule has 2 atom stereocenters. The summed E-state index contributed by atoms with van der Waals surface area (Å²) in [7, 11) is 0. The first-order valence-electron chi connectivity index (χ1n) is 5.74. The van der Waals surface area contributed by atoms with Crippen LogP contribution < -0.4 is 5.32 Å². The Morgan fingerprint density at radius 2 is 2.14 bits per heavy atom. The zero-order valence-electron chi connectivity index (χ0n) is 8.92. The van der Waals surface area contributed by atoms with Crippen LogP contribution in [0.25, 0.3) is 0 Å². The number of hydrogen-bond acceptors (Lipinski definition) is 2. The lowest BCUT2D eigenvalue weighted by Gasteiger charge is -2.28. The standard InChI is InChI=1S/C11H18N2O/c1-7(9-3-4-9)13-8(2)12-11(5-6-11)10(13)14/h7-9,12H,3-6H2,1-2H3. The number of nitrogens with one attached hydrogen (secondary N) is 1. The van der Waals surface area contributed by atoms with Crippen LogP contribution in [-0.2, 0) is 4.79 Å². The van der Waals surface area contributed by atoms with Crippen molar-refractivity contribution < 1.29 is 4.79 Å². The average Bonchev–Trinajstić information content (AvgIpc) is 2.98. The molecule has 78 valence electrons. The molecule has 2 aliphatic carbocycles. The molecule has 14 heavy (non-hydrogen) atoms. The molecule has 3 fully saturated rings. The van der Waals surface area contributed by atoms with Crippen molar-refractivity contribution in [1.82, 2.24) is 10.2 Å². The van der Waals surface area contributed by atoms with E-state index in [1.54, 1.807) is 0 Å². The van der Waals surface area contributed by atoms with Gasteiger partial charge in [-0.05, 0) is 45.4 Å². The van der Waals surface area contributed by atoms with E-state index in [4.69, 9.17) is 0 Å². The minimum Gasteiger partial charge on any atom is -0.323 e. The van der Waals surface area contributed by atoms with Crippen molar-refractivity contribution in [2.75, 3.05) is 0 Å². The highest BCUT2D eigenvalue weighted by Gasteiger charge is 2.59. The molecule has 3 heteroatoms. The fourth-order valence-corrected chi connectivity index (χ4v) is 2.78. The topological polar surface area (TPSA) is 32.3 Å². The summed E-state index contributed by atoms with van der Waals surface area (Å²) in [5, 5.41) is 3.44. The zero-order valence-corrected chi connectivity index (χ0v) is 8.92. The summed E-state index contributed by atoms with van der Waals surface area (Å²) in [4.78, 5) is 14.2. The predicted molar refractivity (Wildman–Crippen MR) is 53.6 cm³/mol. The van der Waals surface area contributed by atoms with E-state index in [-0.39, 0.29) is 11.7 Å². The van der Waals surface area contributed by atoms with Crippen LogP contribution in [0, 0.1) is 5.92 Å². The molecule has 2 unspecified atom stereocenters.